The zero-order valence-corrected chi connectivity index (χ0v) is 18.3. The molecule has 0 fully saturated rings. The van der Waals surface area contributed by atoms with Crippen LogP contribution < -0.4 is 5.32 Å². The van der Waals surface area contributed by atoms with Crippen molar-refractivity contribution < 1.29 is 4.79 Å². The largest absolute Gasteiger partial charge is 0.349 e. The van der Waals surface area contributed by atoms with E-state index in [0.717, 1.165) is 22.4 Å². The maximum absolute atomic E-state index is 12.3. The Morgan fingerprint density at radius 2 is 1.72 bits per heavy atom. The molecule has 0 spiro atoms. The van der Waals surface area contributed by atoms with Crippen LogP contribution in [0.5, 0.6) is 0 Å². The third kappa shape index (κ3) is 6.19. The molecule has 1 N–H and O–H groups in total. The third-order valence-corrected chi connectivity index (χ3v) is 5.34. The van der Waals surface area contributed by atoms with Crippen LogP contribution in [-0.2, 0) is 17.1 Å². The van der Waals surface area contributed by atoms with E-state index in [-0.39, 0.29) is 11.3 Å². The minimum atomic E-state index is -0.0502. The van der Waals surface area contributed by atoms with Crippen molar-refractivity contribution in [1.82, 2.24) is 20.1 Å². The molecular formula is C23H28N4OS. The Bertz CT molecular complexity index is 943. The fraction of sp³-hybridized carbons (Fsp3) is 0.348. The van der Waals surface area contributed by atoms with Crippen LogP contribution in [0.2, 0.25) is 0 Å². The van der Waals surface area contributed by atoms with Crippen molar-refractivity contribution in [3.05, 3.63) is 71.5 Å². The van der Waals surface area contributed by atoms with Gasteiger partial charge in [0.2, 0.25) is 5.91 Å². The Hall–Kier alpha value is -2.60. The van der Waals surface area contributed by atoms with Gasteiger partial charge in [0.25, 0.3) is 0 Å². The predicted octanol–water partition coefficient (Wildman–Crippen LogP) is 4.92. The van der Waals surface area contributed by atoms with E-state index < -0.39 is 0 Å². The van der Waals surface area contributed by atoms with Crippen LogP contribution in [0.4, 0.5) is 0 Å². The maximum atomic E-state index is 12.3. The first-order valence-electron chi connectivity index (χ1n) is 9.76. The average molecular weight is 409 g/mol. The van der Waals surface area contributed by atoms with E-state index >= 15 is 0 Å². The van der Waals surface area contributed by atoms with Crippen molar-refractivity contribution in [1.29, 1.82) is 0 Å². The summed E-state index contributed by atoms with van der Waals surface area (Å²) < 4.78 is 2.03. The van der Waals surface area contributed by atoms with E-state index in [9.17, 15) is 4.79 Å². The molecule has 0 atom stereocenters. The summed E-state index contributed by atoms with van der Waals surface area (Å²) in [6.07, 6.45) is 0.473. The molecule has 3 aromatic rings. The van der Waals surface area contributed by atoms with Gasteiger partial charge in [-0.2, -0.15) is 0 Å². The van der Waals surface area contributed by atoms with E-state index in [2.05, 4.69) is 79.6 Å². The second-order valence-corrected chi connectivity index (χ2v) is 9.30. The van der Waals surface area contributed by atoms with E-state index in [1.165, 1.54) is 11.1 Å². The van der Waals surface area contributed by atoms with Gasteiger partial charge in [0, 0.05) is 17.9 Å². The Balaban J connectivity index is 1.81. The molecule has 5 nitrogen and oxygen atoms in total. The number of carbonyl (C=O) groups is 1. The van der Waals surface area contributed by atoms with Crippen molar-refractivity contribution >= 4 is 17.7 Å². The van der Waals surface area contributed by atoms with Gasteiger partial charge in [0.15, 0.2) is 11.0 Å². The highest BCUT2D eigenvalue weighted by molar-refractivity contribution is 7.98. The summed E-state index contributed by atoms with van der Waals surface area (Å²) in [5, 5.41) is 12.6. The number of hydrogen-bond acceptors (Lipinski definition) is 4. The first-order chi connectivity index (χ1) is 13.8. The lowest BCUT2D eigenvalue weighted by Crippen LogP contribution is -2.28. The van der Waals surface area contributed by atoms with Crippen LogP contribution in [0.3, 0.4) is 0 Å². The van der Waals surface area contributed by atoms with Crippen LogP contribution in [0.15, 0.2) is 59.8 Å². The molecule has 0 aliphatic rings. The van der Waals surface area contributed by atoms with Crippen LogP contribution in [0.1, 0.15) is 44.1 Å². The second kappa shape index (κ2) is 9.27. The lowest BCUT2D eigenvalue weighted by Gasteiger charge is -2.17. The number of aromatic nitrogens is 3. The Morgan fingerprint density at radius 1 is 1.03 bits per heavy atom. The van der Waals surface area contributed by atoms with Gasteiger partial charge in [-0.1, -0.05) is 80.6 Å². The number of rotatable bonds is 7. The molecule has 2 aromatic carbocycles. The third-order valence-electron chi connectivity index (χ3n) is 4.34. The fourth-order valence-electron chi connectivity index (χ4n) is 2.91. The smallest absolute Gasteiger partial charge is 0.220 e. The minimum absolute atomic E-state index is 0.0226. The Labute approximate surface area is 176 Å². The van der Waals surface area contributed by atoms with Crippen LogP contribution >= 0.6 is 11.8 Å². The molecule has 1 heterocycles. The number of benzene rings is 2. The molecule has 6 heteroatoms. The topological polar surface area (TPSA) is 59.8 Å². The number of nitrogens with zero attached hydrogens (tertiary/aromatic N) is 3. The zero-order valence-electron chi connectivity index (χ0n) is 17.5. The number of thioether (sulfide) groups is 1. The molecule has 0 bridgehead atoms. The number of aryl methyl sites for hydroxylation is 1. The summed E-state index contributed by atoms with van der Waals surface area (Å²) in [5.74, 6) is 1.56. The highest BCUT2D eigenvalue weighted by Crippen LogP contribution is 2.25. The SMILES string of the molecule is Cc1ccc(-n2c(CNC(=O)CC(C)(C)C)nnc2SCc2ccccc2)cc1. The molecule has 0 saturated carbocycles. The van der Waals surface area contributed by atoms with Crippen molar-refractivity contribution in [3.63, 3.8) is 0 Å². The number of hydrogen-bond donors (Lipinski definition) is 1. The Kier molecular flexibility index (Phi) is 6.75. The first-order valence-corrected chi connectivity index (χ1v) is 10.8. The normalized spacial score (nSPS) is 11.4. The highest BCUT2D eigenvalue weighted by Gasteiger charge is 2.18. The van der Waals surface area contributed by atoms with Gasteiger partial charge in [0.1, 0.15) is 0 Å². The van der Waals surface area contributed by atoms with E-state index in [0.29, 0.717) is 13.0 Å². The van der Waals surface area contributed by atoms with Gasteiger partial charge in [-0.25, -0.2) is 0 Å². The predicted molar refractivity (Wildman–Crippen MR) is 118 cm³/mol. The van der Waals surface area contributed by atoms with Crippen molar-refractivity contribution in [3.8, 4) is 5.69 Å². The molecule has 0 aliphatic carbocycles. The van der Waals surface area contributed by atoms with Crippen molar-refractivity contribution in [2.45, 2.75) is 51.6 Å². The van der Waals surface area contributed by atoms with Gasteiger partial charge < -0.3 is 5.32 Å². The van der Waals surface area contributed by atoms with Gasteiger partial charge in [-0.05, 0) is 30.0 Å². The molecular weight excluding hydrogens is 380 g/mol. The zero-order chi connectivity index (χ0) is 20.9. The van der Waals surface area contributed by atoms with Crippen LogP contribution in [-0.4, -0.2) is 20.7 Å². The van der Waals surface area contributed by atoms with Crippen LogP contribution in [0.25, 0.3) is 5.69 Å². The van der Waals surface area contributed by atoms with E-state index in [1.807, 2.05) is 22.8 Å². The van der Waals surface area contributed by atoms with Crippen LogP contribution in [0, 0.1) is 12.3 Å². The molecule has 0 unspecified atom stereocenters. The number of nitrogens with one attached hydrogen (secondary N) is 1. The average Bonchev–Trinajstić information content (AvgIpc) is 3.08. The Morgan fingerprint density at radius 3 is 2.38 bits per heavy atom. The summed E-state index contributed by atoms with van der Waals surface area (Å²) >= 11 is 1.64. The maximum Gasteiger partial charge on any atom is 0.220 e. The summed E-state index contributed by atoms with van der Waals surface area (Å²) in [6, 6.07) is 18.6. The molecule has 1 aromatic heterocycles. The monoisotopic (exact) mass is 408 g/mol. The highest BCUT2D eigenvalue weighted by atomic mass is 32.2. The number of amides is 1. The summed E-state index contributed by atoms with van der Waals surface area (Å²) in [7, 11) is 0. The molecule has 3 rings (SSSR count). The lowest BCUT2D eigenvalue weighted by molar-refractivity contribution is -0.123. The lowest BCUT2D eigenvalue weighted by atomic mass is 9.92. The molecule has 0 aliphatic heterocycles. The molecule has 29 heavy (non-hydrogen) atoms. The number of carbonyl (C=O) groups excluding carboxylic acids is 1. The van der Waals surface area contributed by atoms with Gasteiger partial charge in [-0.15, -0.1) is 10.2 Å². The first kappa shape index (κ1) is 21.1. The standard InChI is InChI=1S/C23H28N4OS/c1-17-10-12-19(13-11-17)27-20(15-24-21(28)14-23(2,3)4)25-26-22(27)29-16-18-8-6-5-7-9-18/h5-13H,14-16H2,1-4H3,(H,24,28). The molecule has 0 saturated heterocycles. The summed E-state index contributed by atoms with van der Waals surface area (Å²) in [4.78, 5) is 12.3. The molecule has 0 radical (unpaired) electrons. The van der Waals surface area contributed by atoms with Crippen molar-refractivity contribution in [2.75, 3.05) is 0 Å². The molecule has 152 valence electrons. The van der Waals surface area contributed by atoms with E-state index in [4.69, 9.17) is 0 Å². The summed E-state index contributed by atoms with van der Waals surface area (Å²) in [5.41, 5.74) is 3.37. The minimum Gasteiger partial charge on any atom is -0.349 e. The second-order valence-electron chi connectivity index (χ2n) is 8.36. The van der Waals surface area contributed by atoms with Crippen molar-refractivity contribution in [2.24, 2.45) is 5.41 Å². The van der Waals surface area contributed by atoms with Gasteiger partial charge in [-0.3, -0.25) is 9.36 Å². The molecule has 1 amide bonds. The van der Waals surface area contributed by atoms with Gasteiger partial charge >= 0.3 is 0 Å². The van der Waals surface area contributed by atoms with Gasteiger partial charge in [0.05, 0.1) is 6.54 Å². The van der Waals surface area contributed by atoms with E-state index in [1.54, 1.807) is 11.8 Å². The summed E-state index contributed by atoms with van der Waals surface area (Å²) in [6.45, 7) is 8.58. The fourth-order valence-corrected chi connectivity index (χ4v) is 3.83. The quantitative estimate of drug-likeness (QED) is 0.564.